The number of hydrogen-bond acceptors (Lipinski definition) is 6. The second-order valence-electron chi connectivity index (χ2n) is 6.47. The summed E-state index contributed by atoms with van der Waals surface area (Å²) in [7, 11) is 1.59. The molecule has 1 aliphatic rings. The molecular weight excluding hydrogens is 392 g/mol. The van der Waals surface area contributed by atoms with E-state index in [4.69, 9.17) is 9.47 Å². The van der Waals surface area contributed by atoms with Crippen molar-refractivity contribution in [1.82, 2.24) is 5.32 Å². The standard InChI is InChI=1S/C21H22N2O5S/c1-13(20(25)22-12-14-3-6-16(27-2)7-4-14)28-21(26)15-5-8-18-17(11-15)23-19(24)9-10-29-18/h3-8,11,13H,9-10,12H2,1-2H3,(H,22,25)(H,23,24)/t13-/m0/s1. The van der Waals surface area contributed by atoms with Gasteiger partial charge in [-0.3, -0.25) is 9.59 Å². The van der Waals surface area contributed by atoms with Gasteiger partial charge in [0.1, 0.15) is 5.75 Å². The molecule has 29 heavy (non-hydrogen) atoms. The Morgan fingerprint density at radius 2 is 1.97 bits per heavy atom. The van der Waals surface area contributed by atoms with Crippen molar-refractivity contribution < 1.29 is 23.9 Å². The van der Waals surface area contributed by atoms with E-state index in [-0.39, 0.29) is 11.5 Å². The van der Waals surface area contributed by atoms with Crippen molar-refractivity contribution >= 4 is 35.2 Å². The smallest absolute Gasteiger partial charge is 0.338 e. The summed E-state index contributed by atoms with van der Waals surface area (Å²) < 4.78 is 10.4. The van der Waals surface area contributed by atoms with E-state index < -0.39 is 18.0 Å². The van der Waals surface area contributed by atoms with E-state index in [1.807, 2.05) is 12.1 Å². The molecule has 0 unspecified atom stereocenters. The number of hydrogen-bond donors (Lipinski definition) is 2. The first-order chi connectivity index (χ1) is 14.0. The van der Waals surface area contributed by atoms with Gasteiger partial charge in [-0.15, -0.1) is 11.8 Å². The minimum Gasteiger partial charge on any atom is -0.497 e. The zero-order valence-electron chi connectivity index (χ0n) is 16.2. The molecule has 1 heterocycles. The van der Waals surface area contributed by atoms with Crippen molar-refractivity contribution in [3.8, 4) is 5.75 Å². The van der Waals surface area contributed by atoms with Gasteiger partial charge >= 0.3 is 5.97 Å². The molecular formula is C21H22N2O5S. The van der Waals surface area contributed by atoms with Crippen LogP contribution in [0, 0.1) is 0 Å². The Morgan fingerprint density at radius 1 is 1.21 bits per heavy atom. The molecule has 2 N–H and O–H groups in total. The van der Waals surface area contributed by atoms with Gasteiger partial charge < -0.3 is 20.1 Å². The van der Waals surface area contributed by atoms with Crippen molar-refractivity contribution in [1.29, 1.82) is 0 Å². The fourth-order valence-electron chi connectivity index (χ4n) is 2.71. The third-order valence-corrected chi connectivity index (χ3v) is 5.43. The number of nitrogens with one attached hydrogen (secondary N) is 2. The van der Waals surface area contributed by atoms with Crippen LogP contribution in [0.25, 0.3) is 0 Å². The zero-order chi connectivity index (χ0) is 20.8. The lowest BCUT2D eigenvalue weighted by Gasteiger charge is -2.14. The summed E-state index contributed by atoms with van der Waals surface area (Å²) in [6.07, 6.45) is -0.534. The number of esters is 1. The molecule has 0 aliphatic carbocycles. The number of carbonyl (C=O) groups excluding carboxylic acids is 3. The fourth-order valence-corrected chi connectivity index (χ4v) is 3.64. The number of carbonyl (C=O) groups is 3. The molecule has 0 bridgehead atoms. The number of thioether (sulfide) groups is 1. The predicted molar refractivity (Wildman–Crippen MR) is 110 cm³/mol. The maximum atomic E-state index is 12.4. The fraction of sp³-hybridized carbons (Fsp3) is 0.286. The lowest BCUT2D eigenvalue weighted by atomic mass is 10.2. The second-order valence-corrected chi connectivity index (χ2v) is 7.61. The quantitative estimate of drug-likeness (QED) is 0.706. The highest BCUT2D eigenvalue weighted by Crippen LogP contribution is 2.31. The lowest BCUT2D eigenvalue weighted by Crippen LogP contribution is -2.35. The first-order valence-corrected chi connectivity index (χ1v) is 10.1. The third kappa shape index (κ3) is 5.51. The number of methoxy groups -OCH3 is 1. The van der Waals surface area contributed by atoms with Crippen LogP contribution in [0.15, 0.2) is 47.4 Å². The molecule has 1 atom stereocenters. The largest absolute Gasteiger partial charge is 0.497 e. The molecule has 0 spiro atoms. The van der Waals surface area contributed by atoms with E-state index in [1.165, 1.54) is 6.92 Å². The van der Waals surface area contributed by atoms with Crippen LogP contribution in [-0.4, -0.2) is 36.8 Å². The molecule has 0 saturated carbocycles. The summed E-state index contributed by atoms with van der Waals surface area (Å²) in [5.41, 5.74) is 1.77. The topological polar surface area (TPSA) is 93.7 Å². The molecule has 7 nitrogen and oxygen atoms in total. The Kier molecular flexibility index (Phi) is 6.77. The molecule has 2 aromatic carbocycles. The molecule has 3 rings (SSSR count). The third-order valence-electron chi connectivity index (χ3n) is 4.35. The molecule has 152 valence electrons. The monoisotopic (exact) mass is 414 g/mol. The van der Waals surface area contributed by atoms with Gasteiger partial charge in [0.15, 0.2) is 6.10 Å². The highest BCUT2D eigenvalue weighted by molar-refractivity contribution is 7.99. The molecule has 8 heteroatoms. The van der Waals surface area contributed by atoms with Crippen molar-refractivity contribution in [2.24, 2.45) is 0 Å². The maximum Gasteiger partial charge on any atom is 0.338 e. The van der Waals surface area contributed by atoms with E-state index in [9.17, 15) is 14.4 Å². The highest BCUT2D eigenvalue weighted by Gasteiger charge is 2.21. The van der Waals surface area contributed by atoms with Crippen LogP contribution in [0.2, 0.25) is 0 Å². The van der Waals surface area contributed by atoms with Gasteiger partial charge in [0, 0.05) is 23.6 Å². The van der Waals surface area contributed by atoms with E-state index in [0.717, 1.165) is 16.2 Å². The van der Waals surface area contributed by atoms with Gasteiger partial charge in [0.2, 0.25) is 5.91 Å². The Morgan fingerprint density at radius 3 is 2.69 bits per heavy atom. The molecule has 0 fully saturated rings. The molecule has 2 amide bonds. The number of benzene rings is 2. The van der Waals surface area contributed by atoms with Crippen molar-refractivity contribution in [2.45, 2.75) is 30.9 Å². The average molecular weight is 414 g/mol. The van der Waals surface area contributed by atoms with Gasteiger partial charge in [-0.2, -0.15) is 0 Å². The van der Waals surface area contributed by atoms with E-state index in [2.05, 4.69) is 10.6 Å². The Bertz CT molecular complexity index is 914. The zero-order valence-corrected chi connectivity index (χ0v) is 17.0. The van der Waals surface area contributed by atoms with Crippen LogP contribution in [-0.2, 0) is 20.9 Å². The van der Waals surface area contributed by atoms with E-state index in [0.29, 0.717) is 24.4 Å². The van der Waals surface area contributed by atoms with Crippen molar-refractivity contribution in [3.05, 3.63) is 53.6 Å². The number of ether oxygens (including phenoxy) is 2. The minimum absolute atomic E-state index is 0.0898. The van der Waals surface area contributed by atoms with Gasteiger partial charge in [-0.1, -0.05) is 12.1 Å². The van der Waals surface area contributed by atoms with Crippen LogP contribution in [0.1, 0.15) is 29.3 Å². The summed E-state index contributed by atoms with van der Waals surface area (Å²) in [5, 5.41) is 5.52. The first kappa shape index (κ1) is 20.7. The van der Waals surface area contributed by atoms with Crippen molar-refractivity contribution in [2.75, 3.05) is 18.2 Å². The predicted octanol–water partition coefficient (Wildman–Crippen LogP) is 2.99. The number of amides is 2. The van der Waals surface area contributed by atoms with Crippen LogP contribution in [0.4, 0.5) is 5.69 Å². The Balaban J connectivity index is 1.56. The van der Waals surface area contributed by atoms with E-state index >= 15 is 0 Å². The van der Waals surface area contributed by atoms with Gasteiger partial charge in [-0.05, 0) is 42.8 Å². The molecule has 2 aromatic rings. The molecule has 0 saturated heterocycles. The minimum atomic E-state index is -0.955. The van der Waals surface area contributed by atoms with E-state index in [1.54, 1.807) is 49.2 Å². The Labute approximate surface area is 173 Å². The van der Waals surface area contributed by atoms with Crippen LogP contribution in [0.5, 0.6) is 5.75 Å². The molecule has 0 aromatic heterocycles. The van der Waals surface area contributed by atoms with Crippen molar-refractivity contribution in [3.63, 3.8) is 0 Å². The summed E-state index contributed by atoms with van der Waals surface area (Å²) in [4.78, 5) is 37.3. The summed E-state index contributed by atoms with van der Waals surface area (Å²) in [6.45, 7) is 1.83. The molecule has 1 aliphatic heterocycles. The maximum absolute atomic E-state index is 12.4. The second kappa shape index (κ2) is 9.47. The molecule has 0 radical (unpaired) electrons. The van der Waals surface area contributed by atoms with Crippen LogP contribution in [0.3, 0.4) is 0 Å². The Hall–Kier alpha value is -3.00. The number of rotatable bonds is 6. The average Bonchev–Trinajstić information content (AvgIpc) is 2.91. The van der Waals surface area contributed by atoms with Crippen LogP contribution < -0.4 is 15.4 Å². The van der Waals surface area contributed by atoms with Crippen LogP contribution >= 0.6 is 11.8 Å². The summed E-state index contributed by atoms with van der Waals surface area (Å²) in [5.74, 6) is 0.315. The lowest BCUT2D eigenvalue weighted by molar-refractivity contribution is -0.129. The normalized spacial score (nSPS) is 14.1. The van der Waals surface area contributed by atoms with Gasteiger partial charge in [0.05, 0.1) is 18.4 Å². The highest BCUT2D eigenvalue weighted by atomic mass is 32.2. The van der Waals surface area contributed by atoms with Gasteiger partial charge in [-0.25, -0.2) is 4.79 Å². The number of anilines is 1. The summed E-state index contributed by atoms with van der Waals surface area (Å²) in [6, 6.07) is 12.3. The summed E-state index contributed by atoms with van der Waals surface area (Å²) >= 11 is 1.55. The first-order valence-electron chi connectivity index (χ1n) is 9.14. The van der Waals surface area contributed by atoms with Gasteiger partial charge in [0.25, 0.3) is 5.91 Å². The number of fused-ring (bicyclic) bond motifs is 1. The SMILES string of the molecule is COc1ccc(CNC(=O)[C@H](C)OC(=O)c2ccc3c(c2)NC(=O)CCS3)cc1.